The number of halogens is 1. The second-order valence-electron chi connectivity index (χ2n) is 4.68. The molecule has 1 N–H and O–H groups in total. The van der Waals surface area contributed by atoms with E-state index in [4.69, 9.17) is 11.6 Å². The molecule has 2 rings (SSSR count). The van der Waals surface area contributed by atoms with Gasteiger partial charge >= 0.3 is 0 Å². The average molecular weight is 306 g/mol. The molecule has 0 aliphatic carbocycles. The number of rotatable bonds is 6. The molecule has 0 aliphatic heterocycles. The number of aromatic nitrogens is 1. The van der Waals surface area contributed by atoms with Crippen LogP contribution in [0.1, 0.15) is 31.4 Å². The molecule has 0 saturated heterocycles. The highest BCUT2D eigenvalue weighted by Gasteiger charge is 2.15. The highest BCUT2D eigenvalue weighted by molar-refractivity contribution is 6.31. The van der Waals surface area contributed by atoms with Gasteiger partial charge in [-0.1, -0.05) is 37.1 Å². The SMILES string of the molecule is CCCC(Nc1cccnc1Cl)c1cccc([N+](=O)[O-])c1. The average Bonchev–Trinajstić information content (AvgIpc) is 2.49. The van der Waals surface area contributed by atoms with E-state index in [1.165, 1.54) is 6.07 Å². The van der Waals surface area contributed by atoms with Crippen LogP contribution in [0.5, 0.6) is 0 Å². The number of hydrogen-bond donors (Lipinski definition) is 1. The van der Waals surface area contributed by atoms with E-state index < -0.39 is 0 Å². The molecule has 1 atom stereocenters. The fraction of sp³-hybridized carbons (Fsp3) is 0.267. The minimum Gasteiger partial charge on any atom is -0.376 e. The number of non-ortho nitro benzene ring substituents is 1. The van der Waals surface area contributed by atoms with Gasteiger partial charge in [-0.25, -0.2) is 4.98 Å². The summed E-state index contributed by atoms with van der Waals surface area (Å²) in [6.07, 6.45) is 3.40. The zero-order valence-corrected chi connectivity index (χ0v) is 12.4. The van der Waals surface area contributed by atoms with Crippen molar-refractivity contribution in [2.45, 2.75) is 25.8 Å². The maximum Gasteiger partial charge on any atom is 0.269 e. The molecule has 1 heterocycles. The van der Waals surface area contributed by atoms with Crippen LogP contribution in [0.15, 0.2) is 42.6 Å². The first-order valence-electron chi connectivity index (χ1n) is 6.73. The number of nitro benzene ring substituents is 1. The number of pyridine rings is 1. The normalized spacial score (nSPS) is 11.9. The molecule has 0 saturated carbocycles. The van der Waals surface area contributed by atoms with Gasteiger partial charge in [-0.2, -0.15) is 0 Å². The number of hydrogen-bond acceptors (Lipinski definition) is 4. The molecule has 1 aromatic heterocycles. The molecule has 21 heavy (non-hydrogen) atoms. The minimum absolute atomic E-state index is 0.0448. The second kappa shape index (κ2) is 7.04. The molecular formula is C15H16ClN3O2. The van der Waals surface area contributed by atoms with Gasteiger partial charge in [0.1, 0.15) is 0 Å². The van der Waals surface area contributed by atoms with E-state index in [0.717, 1.165) is 24.1 Å². The molecule has 0 spiro atoms. The molecule has 0 radical (unpaired) electrons. The fourth-order valence-electron chi connectivity index (χ4n) is 2.15. The highest BCUT2D eigenvalue weighted by atomic mass is 35.5. The molecule has 1 aromatic carbocycles. The lowest BCUT2D eigenvalue weighted by atomic mass is 10.0. The van der Waals surface area contributed by atoms with Crippen LogP contribution >= 0.6 is 11.6 Å². The van der Waals surface area contributed by atoms with E-state index in [1.54, 1.807) is 24.4 Å². The number of nitro groups is 1. The third-order valence-electron chi connectivity index (χ3n) is 3.15. The topological polar surface area (TPSA) is 68.1 Å². The Balaban J connectivity index is 2.28. The van der Waals surface area contributed by atoms with Gasteiger partial charge in [0.05, 0.1) is 16.7 Å². The Bertz CT molecular complexity index is 634. The third kappa shape index (κ3) is 3.92. The largest absolute Gasteiger partial charge is 0.376 e. The van der Waals surface area contributed by atoms with Crippen molar-refractivity contribution in [2.75, 3.05) is 5.32 Å². The van der Waals surface area contributed by atoms with Crippen molar-refractivity contribution in [3.8, 4) is 0 Å². The molecule has 6 heteroatoms. The third-order valence-corrected chi connectivity index (χ3v) is 3.45. The van der Waals surface area contributed by atoms with Crippen molar-refractivity contribution in [3.63, 3.8) is 0 Å². The second-order valence-corrected chi connectivity index (χ2v) is 5.04. The monoisotopic (exact) mass is 305 g/mol. The number of nitrogens with one attached hydrogen (secondary N) is 1. The maximum atomic E-state index is 10.9. The van der Waals surface area contributed by atoms with Crippen LogP contribution in [-0.4, -0.2) is 9.91 Å². The van der Waals surface area contributed by atoms with Crippen molar-refractivity contribution in [1.82, 2.24) is 4.98 Å². The summed E-state index contributed by atoms with van der Waals surface area (Å²) in [5.74, 6) is 0. The summed E-state index contributed by atoms with van der Waals surface area (Å²) < 4.78 is 0. The van der Waals surface area contributed by atoms with Crippen LogP contribution in [0.4, 0.5) is 11.4 Å². The number of benzene rings is 1. The first kappa shape index (κ1) is 15.3. The summed E-state index contributed by atoms with van der Waals surface area (Å²) in [7, 11) is 0. The molecule has 110 valence electrons. The van der Waals surface area contributed by atoms with E-state index in [0.29, 0.717) is 5.15 Å². The van der Waals surface area contributed by atoms with Crippen molar-refractivity contribution in [3.05, 3.63) is 63.4 Å². The Morgan fingerprint density at radius 2 is 2.19 bits per heavy atom. The minimum atomic E-state index is -0.385. The summed E-state index contributed by atoms with van der Waals surface area (Å²) in [5.41, 5.74) is 1.68. The lowest BCUT2D eigenvalue weighted by Gasteiger charge is -2.20. The Morgan fingerprint density at radius 1 is 1.38 bits per heavy atom. The lowest BCUT2D eigenvalue weighted by Crippen LogP contribution is -2.11. The van der Waals surface area contributed by atoms with Crippen LogP contribution in [0.3, 0.4) is 0 Å². The van der Waals surface area contributed by atoms with Crippen LogP contribution in [0.25, 0.3) is 0 Å². The van der Waals surface area contributed by atoms with Gasteiger partial charge in [-0.05, 0) is 24.1 Å². The zero-order valence-electron chi connectivity index (χ0n) is 11.6. The molecular weight excluding hydrogens is 290 g/mol. The molecule has 0 aliphatic rings. The summed E-state index contributed by atoms with van der Waals surface area (Å²) in [6, 6.07) is 10.3. The Hall–Kier alpha value is -2.14. The standard InChI is InChI=1S/C15H16ClN3O2/c1-2-5-13(18-14-8-4-9-17-15(14)16)11-6-3-7-12(10-11)19(20)21/h3-4,6-10,13,18H,2,5H2,1H3. The van der Waals surface area contributed by atoms with Gasteiger partial charge in [-0.3, -0.25) is 10.1 Å². The Kier molecular flexibility index (Phi) is 5.11. The molecule has 5 nitrogen and oxygen atoms in total. The Morgan fingerprint density at radius 3 is 2.86 bits per heavy atom. The van der Waals surface area contributed by atoms with Crippen molar-refractivity contribution < 1.29 is 4.92 Å². The van der Waals surface area contributed by atoms with E-state index in [9.17, 15) is 10.1 Å². The quantitative estimate of drug-likeness (QED) is 0.481. The van der Waals surface area contributed by atoms with Crippen LogP contribution in [-0.2, 0) is 0 Å². The number of anilines is 1. The van der Waals surface area contributed by atoms with E-state index in [-0.39, 0.29) is 16.7 Å². The van der Waals surface area contributed by atoms with Gasteiger partial charge in [0.15, 0.2) is 5.15 Å². The van der Waals surface area contributed by atoms with Crippen LogP contribution < -0.4 is 5.32 Å². The molecule has 0 bridgehead atoms. The molecule has 1 unspecified atom stereocenters. The van der Waals surface area contributed by atoms with Gasteiger partial charge in [0.25, 0.3) is 5.69 Å². The summed E-state index contributed by atoms with van der Waals surface area (Å²) in [5, 5.41) is 14.6. The van der Waals surface area contributed by atoms with Crippen molar-refractivity contribution >= 4 is 23.0 Å². The summed E-state index contributed by atoms with van der Waals surface area (Å²) >= 11 is 6.06. The summed E-state index contributed by atoms with van der Waals surface area (Å²) in [4.78, 5) is 14.5. The van der Waals surface area contributed by atoms with Gasteiger partial charge < -0.3 is 5.32 Å². The van der Waals surface area contributed by atoms with E-state index in [1.807, 2.05) is 12.1 Å². The van der Waals surface area contributed by atoms with Gasteiger partial charge in [0, 0.05) is 18.3 Å². The first-order chi connectivity index (χ1) is 10.1. The molecule has 0 fully saturated rings. The van der Waals surface area contributed by atoms with E-state index in [2.05, 4.69) is 17.2 Å². The first-order valence-corrected chi connectivity index (χ1v) is 7.11. The maximum absolute atomic E-state index is 10.9. The molecule has 2 aromatic rings. The lowest BCUT2D eigenvalue weighted by molar-refractivity contribution is -0.384. The fourth-order valence-corrected chi connectivity index (χ4v) is 2.32. The van der Waals surface area contributed by atoms with Crippen LogP contribution in [0, 0.1) is 10.1 Å². The van der Waals surface area contributed by atoms with Gasteiger partial charge in [0.2, 0.25) is 0 Å². The number of nitrogens with zero attached hydrogens (tertiary/aromatic N) is 2. The summed E-state index contributed by atoms with van der Waals surface area (Å²) in [6.45, 7) is 2.07. The smallest absolute Gasteiger partial charge is 0.269 e. The van der Waals surface area contributed by atoms with E-state index >= 15 is 0 Å². The highest BCUT2D eigenvalue weighted by Crippen LogP contribution is 2.29. The Labute approximate surface area is 128 Å². The predicted octanol–water partition coefficient (Wildman–Crippen LogP) is 4.60. The van der Waals surface area contributed by atoms with Crippen molar-refractivity contribution in [2.24, 2.45) is 0 Å². The molecule has 0 amide bonds. The predicted molar refractivity (Wildman–Crippen MR) is 83.6 cm³/mol. The van der Waals surface area contributed by atoms with Crippen molar-refractivity contribution in [1.29, 1.82) is 0 Å². The van der Waals surface area contributed by atoms with Gasteiger partial charge in [-0.15, -0.1) is 0 Å². The zero-order chi connectivity index (χ0) is 15.2. The van der Waals surface area contributed by atoms with Crippen LogP contribution in [0.2, 0.25) is 5.15 Å².